The van der Waals surface area contributed by atoms with Crippen LogP contribution in [0.2, 0.25) is 5.02 Å². The first-order valence-corrected chi connectivity index (χ1v) is 9.43. The fourth-order valence-electron chi connectivity index (χ4n) is 2.65. The van der Waals surface area contributed by atoms with Crippen LogP contribution in [0.3, 0.4) is 0 Å². The van der Waals surface area contributed by atoms with E-state index >= 15 is 0 Å². The van der Waals surface area contributed by atoms with Crippen molar-refractivity contribution in [1.82, 2.24) is 14.9 Å². The van der Waals surface area contributed by atoms with Crippen molar-refractivity contribution in [3.05, 3.63) is 63.8 Å². The zero-order chi connectivity index (χ0) is 17.8. The largest absolute Gasteiger partial charge is 0.351 e. The monoisotopic (exact) mass is 373 g/mol. The quantitative estimate of drug-likeness (QED) is 0.688. The molecule has 4 nitrogen and oxygen atoms in total. The summed E-state index contributed by atoms with van der Waals surface area (Å²) < 4.78 is 2.13. The van der Waals surface area contributed by atoms with E-state index in [4.69, 9.17) is 11.6 Å². The Morgan fingerprint density at radius 3 is 2.76 bits per heavy atom. The van der Waals surface area contributed by atoms with Gasteiger partial charge in [-0.1, -0.05) is 23.7 Å². The number of nitrogens with zero attached hydrogens (tertiary/aromatic N) is 2. The normalized spacial score (nSPS) is 10.8. The summed E-state index contributed by atoms with van der Waals surface area (Å²) in [6.07, 6.45) is 2.80. The van der Waals surface area contributed by atoms with Gasteiger partial charge in [0.2, 0.25) is 0 Å². The number of thiazole rings is 1. The molecule has 0 atom stereocenters. The highest BCUT2D eigenvalue weighted by molar-refractivity contribution is 7.17. The molecule has 1 aromatic carbocycles. The van der Waals surface area contributed by atoms with E-state index in [2.05, 4.69) is 21.8 Å². The van der Waals surface area contributed by atoms with Crippen LogP contribution in [0.4, 0.5) is 0 Å². The lowest BCUT2D eigenvalue weighted by atomic mass is 10.1. The molecule has 0 fully saturated rings. The molecule has 3 aromatic rings. The standard InChI is InChI=1S/C19H20ClN3OS/c1-3-23-12-4-5-16(23)19-22-13(2)17(25-19)18(24)21-11-10-14-6-8-15(20)9-7-14/h4-9,12H,3,10-11H2,1-2H3,(H,21,24). The number of aryl methyl sites for hydroxylation is 2. The average molecular weight is 374 g/mol. The number of hydrogen-bond acceptors (Lipinski definition) is 3. The summed E-state index contributed by atoms with van der Waals surface area (Å²) in [4.78, 5) is 17.7. The van der Waals surface area contributed by atoms with Gasteiger partial charge in [-0.15, -0.1) is 11.3 Å². The van der Waals surface area contributed by atoms with Gasteiger partial charge < -0.3 is 9.88 Å². The van der Waals surface area contributed by atoms with Crippen molar-refractivity contribution in [2.75, 3.05) is 6.54 Å². The van der Waals surface area contributed by atoms with Gasteiger partial charge in [0.05, 0.1) is 11.4 Å². The van der Waals surface area contributed by atoms with Crippen molar-refractivity contribution < 1.29 is 4.79 Å². The second kappa shape index (κ2) is 7.85. The molecule has 0 radical (unpaired) electrons. The Kier molecular flexibility index (Phi) is 5.56. The number of hydrogen-bond donors (Lipinski definition) is 1. The van der Waals surface area contributed by atoms with Crippen LogP contribution in [-0.4, -0.2) is 22.0 Å². The van der Waals surface area contributed by atoms with Crippen molar-refractivity contribution in [1.29, 1.82) is 0 Å². The molecule has 0 saturated heterocycles. The molecule has 130 valence electrons. The summed E-state index contributed by atoms with van der Waals surface area (Å²) in [6, 6.07) is 11.7. The molecule has 1 amide bonds. The molecular formula is C19H20ClN3OS. The highest BCUT2D eigenvalue weighted by Gasteiger charge is 2.17. The molecule has 0 bridgehead atoms. The fraction of sp³-hybridized carbons (Fsp3) is 0.263. The molecule has 2 aromatic heterocycles. The third kappa shape index (κ3) is 4.11. The summed E-state index contributed by atoms with van der Waals surface area (Å²) in [5.41, 5.74) is 2.97. The highest BCUT2D eigenvalue weighted by atomic mass is 35.5. The van der Waals surface area contributed by atoms with E-state index in [0.717, 1.165) is 39.9 Å². The third-order valence-electron chi connectivity index (χ3n) is 4.00. The second-order valence-electron chi connectivity index (χ2n) is 5.75. The maximum absolute atomic E-state index is 12.5. The Morgan fingerprint density at radius 2 is 2.04 bits per heavy atom. The Bertz CT molecular complexity index is 867. The van der Waals surface area contributed by atoms with Gasteiger partial charge in [-0.2, -0.15) is 0 Å². The summed E-state index contributed by atoms with van der Waals surface area (Å²) in [7, 11) is 0. The van der Waals surface area contributed by atoms with Crippen LogP contribution in [0, 0.1) is 6.92 Å². The molecule has 0 aliphatic rings. The van der Waals surface area contributed by atoms with Crippen LogP contribution in [-0.2, 0) is 13.0 Å². The molecule has 2 heterocycles. The average Bonchev–Trinajstić information content (AvgIpc) is 3.22. The van der Waals surface area contributed by atoms with Crippen molar-refractivity contribution >= 4 is 28.8 Å². The minimum Gasteiger partial charge on any atom is -0.351 e. The molecule has 25 heavy (non-hydrogen) atoms. The van der Waals surface area contributed by atoms with Gasteiger partial charge in [-0.05, 0) is 50.1 Å². The van der Waals surface area contributed by atoms with Crippen LogP contribution >= 0.6 is 22.9 Å². The number of benzene rings is 1. The molecule has 0 spiro atoms. The van der Waals surface area contributed by atoms with Crippen LogP contribution in [0.25, 0.3) is 10.7 Å². The number of halogens is 1. The van der Waals surface area contributed by atoms with Gasteiger partial charge in [-0.25, -0.2) is 4.98 Å². The van der Waals surface area contributed by atoms with Gasteiger partial charge in [-0.3, -0.25) is 4.79 Å². The Balaban J connectivity index is 1.65. The van der Waals surface area contributed by atoms with Crippen LogP contribution in [0.5, 0.6) is 0 Å². The summed E-state index contributed by atoms with van der Waals surface area (Å²) in [5.74, 6) is -0.0650. The SMILES string of the molecule is CCn1cccc1-c1nc(C)c(C(=O)NCCc2ccc(Cl)cc2)s1. The smallest absolute Gasteiger partial charge is 0.263 e. The topological polar surface area (TPSA) is 46.9 Å². The number of amides is 1. The lowest BCUT2D eigenvalue weighted by Crippen LogP contribution is -2.25. The Hall–Kier alpha value is -2.11. The molecule has 6 heteroatoms. The summed E-state index contributed by atoms with van der Waals surface area (Å²) in [6.45, 7) is 5.43. The van der Waals surface area contributed by atoms with E-state index in [0.29, 0.717) is 11.4 Å². The molecule has 1 N–H and O–H groups in total. The number of rotatable bonds is 6. The predicted octanol–water partition coefficient (Wildman–Crippen LogP) is 4.57. The van der Waals surface area contributed by atoms with Crippen LogP contribution in [0.1, 0.15) is 27.9 Å². The molecule has 0 unspecified atom stereocenters. The number of nitrogens with one attached hydrogen (secondary N) is 1. The van der Waals surface area contributed by atoms with E-state index in [1.165, 1.54) is 11.3 Å². The van der Waals surface area contributed by atoms with Gasteiger partial charge >= 0.3 is 0 Å². The summed E-state index contributed by atoms with van der Waals surface area (Å²) >= 11 is 7.32. The molecule has 3 rings (SSSR count). The van der Waals surface area contributed by atoms with E-state index in [9.17, 15) is 4.79 Å². The number of aromatic nitrogens is 2. The minimum atomic E-state index is -0.0650. The van der Waals surface area contributed by atoms with Gasteiger partial charge in [0, 0.05) is 24.3 Å². The van der Waals surface area contributed by atoms with E-state index in [1.807, 2.05) is 49.5 Å². The summed E-state index contributed by atoms with van der Waals surface area (Å²) in [5, 5.41) is 4.58. The first kappa shape index (κ1) is 17.7. The van der Waals surface area contributed by atoms with Crippen LogP contribution < -0.4 is 5.32 Å². The Morgan fingerprint density at radius 1 is 1.28 bits per heavy atom. The van der Waals surface area contributed by atoms with Crippen molar-refractivity contribution in [2.45, 2.75) is 26.8 Å². The molecular weight excluding hydrogens is 354 g/mol. The zero-order valence-electron chi connectivity index (χ0n) is 14.3. The van der Waals surface area contributed by atoms with Crippen molar-refractivity contribution in [3.63, 3.8) is 0 Å². The first-order valence-electron chi connectivity index (χ1n) is 8.24. The van der Waals surface area contributed by atoms with Gasteiger partial charge in [0.1, 0.15) is 9.88 Å². The van der Waals surface area contributed by atoms with Gasteiger partial charge in [0.15, 0.2) is 0 Å². The first-order chi connectivity index (χ1) is 12.1. The van der Waals surface area contributed by atoms with Gasteiger partial charge in [0.25, 0.3) is 5.91 Å². The predicted molar refractivity (Wildman–Crippen MR) is 103 cm³/mol. The van der Waals surface area contributed by atoms with E-state index in [-0.39, 0.29) is 5.91 Å². The Labute approximate surface area is 156 Å². The third-order valence-corrected chi connectivity index (χ3v) is 5.44. The second-order valence-corrected chi connectivity index (χ2v) is 7.18. The van der Waals surface area contributed by atoms with Crippen LogP contribution in [0.15, 0.2) is 42.6 Å². The maximum Gasteiger partial charge on any atom is 0.263 e. The van der Waals surface area contributed by atoms with Crippen molar-refractivity contribution in [3.8, 4) is 10.7 Å². The van der Waals surface area contributed by atoms with E-state index in [1.54, 1.807) is 0 Å². The highest BCUT2D eigenvalue weighted by Crippen LogP contribution is 2.28. The minimum absolute atomic E-state index is 0.0650. The lowest BCUT2D eigenvalue weighted by Gasteiger charge is -2.04. The molecule has 0 saturated carbocycles. The zero-order valence-corrected chi connectivity index (χ0v) is 15.8. The molecule has 0 aliphatic heterocycles. The number of carbonyl (C=O) groups excluding carboxylic acids is 1. The van der Waals surface area contributed by atoms with E-state index < -0.39 is 0 Å². The van der Waals surface area contributed by atoms with Crippen molar-refractivity contribution in [2.24, 2.45) is 0 Å². The molecule has 0 aliphatic carbocycles. The number of carbonyl (C=O) groups is 1. The lowest BCUT2D eigenvalue weighted by molar-refractivity contribution is 0.0957. The maximum atomic E-state index is 12.5. The fourth-order valence-corrected chi connectivity index (χ4v) is 3.80.